The van der Waals surface area contributed by atoms with Gasteiger partial charge in [-0.25, -0.2) is 14.6 Å². The number of imidazole rings is 1. The van der Waals surface area contributed by atoms with E-state index < -0.39 is 11.9 Å². The third-order valence-corrected chi connectivity index (χ3v) is 3.36. The lowest BCUT2D eigenvalue weighted by atomic mass is 10.0. The summed E-state index contributed by atoms with van der Waals surface area (Å²) in [6.07, 6.45) is 11.5. The number of rotatable bonds is 8. The Kier molecular flexibility index (Phi) is 7.36. The van der Waals surface area contributed by atoms with Gasteiger partial charge in [-0.3, -0.25) is 0 Å². The molecule has 1 heterocycles. The van der Waals surface area contributed by atoms with E-state index in [9.17, 15) is 9.59 Å². The van der Waals surface area contributed by atoms with Gasteiger partial charge in [0.1, 0.15) is 0 Å². The van der Waals surface area contributed by atoms with E-state index in [1.807, 2.05) is 29.0 Å². The first-order chi connectivity index (χ1) is 12.6. The number of ether oxygens (including phenoxy) is 2. The largest absolute Gasteiger partial charge is 0.463 e. The summed E-state index contributed by atoms with van der Waals surface area (Å²) in [5, 5.41) is 0. The molecule has 26 heavy (non-hydrogen) atoms. The number of aromatic nitrogens is 2. The van der Waals surface area contributed by atoms with E-state index in [1.165, 1.54) is 12.2 Å². The van der Waals surface area contributed by atoms with Crippen LogP contribution in [0.1, 0.15) is 30.5 Å². The third-order valence-electron chi connectivity index (χ3n) is 3.36. The molecule has 0 amide bonds. The van der Waals surface area contributed by atoms with Crippen LogP contribution in [0.3, 0.4) is 0 Å². The van der Waals surface area contributed by atoms with Crippen LogP contribution >= 0.6 is 0 Å². The van der Waals surface area contributed by atoms with Crippen LogP contribution in [0, 0.1) is 0 Å². The van der Waals surface area contributed by atoms with Crippen molar-refractivity contribution in [2.45, 2.75) is 20.4 Å². The Labute approximate surface area is 152 Å². The van der Waals surface area contributed by atoms with Crippen LogP contribution in [-0.2, 0) is 25.6 Å². The van der Waals surface area contributed by atoms with Crippen LogP contribution in [0.25, 0.3) is 12.2 Å². The van der Waals surface area contributed by atoms with Crippen molar-refractivity contribution in [2.24, 2.45) is 0 Å². The highest BCUT2D eigenvalue weighted by Crippen LogP contribution is 2.15. The summed E-state index contributed by atoms with van der Waals surface area (Å²) in [4.78, 5) is 27.1. The Morgan fingerprint density at radius 3 is 2.04 bits per heavy atom. The Morgan fingerprint density at radius 1 is 1.00 bits per heavy atom. The van der Waals surface area contributed by atoms with Crippen molar-refractivity contribution in [3.63, 3.8) is 0 Å². The van der Waals surface area contributed by atoms with Crippen LogP contribution in [-0.4, -0.2) is 34.7 Å². The number of carbonyl (C=O) groups is 2. The summed E-state index contributed by atoms with van der Waals surface area (Å²) in [6.45, 7) is 4.81. The molecule has 2 aromatic rings. The molecule has 6 heteroatoms. The molecular formula is C20H22N2O4. The molecule has 0 saturated heterocycles. The third kappa shape index (κ3) is 6.39. The van der Waals surface area contributed by atoms with Crippen LogP contribution in [0.15, 0.2) is 49.1 Å². The monoisotopic (exact) mass is 354 g/mol. The second-order valence-corrected chi connectivity index (χ2v) is 5.41. The zero-order valence-electron chi connectivity index (χ0n) is 14.9. The summed E-state index contributed by atoms with van der Waals surface area (Å²) in [5.41, 5.74) is 2.68. The van der Waals surface area contributed by atoms with Crippen molar-refractivity contribution < 1.29 is 19.1 Å². The van der Waals surface area contributed by atoms with Gasteiger partial charge >= 0.3 is 11.9 Å². The first-order valence-electron chi connectivity index (χ1n) is 8.40. The minimum atomic E-state index is -0.392. The van der Waals surface area contributed by atoms with E-state index in [-0.39, 0.29) is 0 Å². The number of benzene rings is 1. The van der Waals surface area contributed by atoms with Gasteiger partial charge in [0, 0.05) is 31.1 Å². The van der Waals surface area contributed by atoms with Crippen molar-refractivity contribution >= 4 is 24.1 Å². The number of hydrogen-bond donors (Lipinski definition) is 0. The molecule has 0 atom stereocenters. The fourth-order valence-corrected chi connectivity index (χ4v) is 2.33. The summed E-state index contributed by atoms with van der Waals surface area (Å²) < 4.78 is 11.7. The van der Waals surface area contributed by atoms with E-state index in [1.54, 1.807) is 38.5 Å². The summed E-state index contributed by atoms with van der Waals surface area (Å²) in [6, 6.07) is 5.82. The molecule has 0 bridgehead atoms. The molecule has 6 nitrogen and oxygen atoms in total. The van der Waals surface area contributed by atoms with Gasteiger partial charge in [-0.1, -0.05) is 0 Å². The zero-order chi connectivity index (χ0) is 18.8. The van der Waals surface area contributed by atoms with Gasteiger partial charge in [0.15, 0.2) is 0 Å². The standard InChI is InChI=1S/C20H22N2O4/c1-3-25-19(23)7-5-16-11-17(6-8-20(24)26-4-2)13-18(12-16)14-22-10-9-21-15-22/h5-13,15H,3-4,14H2,1-2H3. The lowest BCUT2D eigenvalue weighted by Gasteiger charge is -2.07. The normalized spacial score (nSPS) is 11.2. The predicted molar refractivity (Wildman–Crippen MR) is 99.1 cm³/mol. The van der Waals surface area contributed by atoms with Crippen LogP contribution in [0.2, 0.25) is 0 Å². The molecule has 0 fully saturated rings. The SMILES string of the molecule is CCOC(=O)C=Cc1cc(C=CC(=O)OCC)cc(Cn2ccnc2)c1. The Bertz CT molecular complexity index is 746. The number of esters is 2. The van der Waals surface area contributed by atoms with E-state index in [2.05, 4.69) is 4.98 Å². The van der Waals surface area contributed by atoms with E-state index in [4.69, 9.17) is 9.47 Å². The van der Waals surface area contributed by atoms with E-state index >= 15 is 0 Å². The maximum Gasteiger partial charge on any atom is 0.330 e. The fraction of sp³-hybridized carbons (Fsp3) is 0.250. The lowest BCUT2D eigenvalue weighted by molar-refractivity contribution is -0.138. The van der Waals surface area contributed by atoms with Crippen molar-refractivity contribution in [1.29, 1.82) is 0 Å². The van der Waals surface area contributed by atoms with Crippen molar-refractivity contribution in [3.05, 3.63) is 65.8 Å². The minimum Gasteiger partial charge on any atom is -0.463 e. The van der Waals surface area contributed by atoms with Gasteiger partial charge in [-0.2, -0.15) is 0 Å². The first-order valence-corrected chi connectivity index (χ1v) is 8.40. The Morgan fingerprint density at radius 2 is 1.58 bits per heavy atom. The minimum absolute atomic E-state index is 0.331. The smallest absolute Gasteiger partial charge is 0.330 e. The molecule has 0 aliphatic carbocycles. The maximum atomic E-state index is 11.5. The van der Waals surface area contributed by atoms with Gasteiger partial charge in [0.25, 0.3) is 0 Å². The van der Waals surface area contributed by atoms with E-state index in [0.29, 0.717) is 19.8 Å². The maximum absolute atomic E-state index is 11.5. The van der Waals surface area contributed by atoms with E-state index in [0.717, 1.165) is 16.7 Å². The van der Waals surface area contributed by atoms with Gasteiger partial charge in [0.05, 0.1) is 19.5 Å². The van der Waals surface area contributed by atoms with Crippen molar-refractivity contribution in [2.75, 3.05) is 13.2 Å². The molecule has 0 radical (unpaired) electrons. The molecule has 0 N–H and O–H groups in total. The van der Waals surface area contributed by atoms with Crippen molar-refractivity contribution in [1.82, 2.24) is 9.55 Å². The fourth-order valence-electron chi connectivity index (χ4n) is 2.33. The zero-order valence-corrected chi connectivity index (χ0v) is 14.9. The highest BCUT2D eigenvalue weighted by molar-refractivity contribution is 5.88. The van der Waals surface area contributed by atoms with Gasteiger partial charge in [-0.15, -0.1) is 0 Å². The highest BCUT2D eigenvalue weighted by atomic mass is 16.5. The Balaban J connectivity index is 2.26. The summed E-state index contributed by atoms with van der Waals surface area (Å²) >= 11 is 0. The molecule has 2 rings (SSSR count). The van der Waals surface area contributed by atoms with Gasteiger partial charge < -0.3 is 14.0 Å². The molecular weight excluding hydrogens is 332 g/mol. The molecule has 0 aliphatic rings. The van der Waals surface area contributed by atoms with Crippen molar-refractivity contribution in [3.8, 4) is 0 Å². The summed E-state index contributed by atoms with van der Waals surface area (Å²) in [5.74, 6) is -0.785. The predicted octanol–water partition coefficient (Wildman–Crippen LogP) is 3.08. The number of nitrogens with zero attached hydrogens (tertiary/aromatic N) is 2. The first kappa shape index (κ1) is 19.2. The quantitative estimate of drug-likeness (QED) is 0.538. The number of carbonyl (C=O) groups excluding carboxylic acids is 2. The van der Waals surface area contributed by atoms with Gasteiger partial charge in [0.2, 0.25) is 0 Å². The van der Waals surface area contributed by atoms with Crippen LogP contribution in [0.5, 0.6) is 0 Å². The molecule has 1 aromatic heterocycles. The molecule has 0 saturated carbocycles. The Hall–Kier alpha value is -3.15. The average molecular weight is 354 g/mol. The molecule has 136 valence electrons. The lowest BCUT2D eigenvalue weighted by Crippen LogP contribution is -2.00. The molecule has 0 aliphatic heterocycles. The molecule has 0 unspecified atom stereocenters. The van der Waals surface area contributed by atoms with Crippen LogP contribution in [0.4, 0.5) is 0 Å². The topological polar surface area (TPSA) is 70.4 Å². The van der Waals surface area contributed by atoms with Crippen LogP contribution < -0.4 is 0 Å². The second kappa shape index (κ2) is 9.98. The highest BCUT2D eigenvalue weighted by Gasteiger charge is 2.02. The second-order valence-electron chi connectivity index (χ2n) is 5.41. The average Bonchev–Trinajstić information content (AvgIpc) is 3.12. The number of hydrogen-bond acceptors (Lipinski definition) is 5. The van der Waals surface area contributed by atoms with Gasteiger partial charge in [-0.05, 0) is 60.9 Å². The molecule has 0 spiro atoms. The summed E-state index contributed by atoms with van der Waals surface area (Å²) in [7, 11) is 0. The molecule has 1 aromatic carbocycles.